The van der Waals surface area contributed by atoms with Crippen LogP contribution in [0.5, 0.6) is 0 Å². The Bertz CT molecular complexity index is 311. The van der Waals surface area contributed by atoms with Crippen molar-refractivity contribution in [2.75, 3.05) is 0 Å². The Balaban J connectivity index is 2.46. The van der Waals surface area contributed by atoms with Crippen molar-refractivity contribution < 1.29 is 0 Å². The molecule has 0 bridgehead atoms. The molecule has 2 rings (SSSR count). The van der Waals surface area contributed by atoms with Crippen molar-refractivity contribution in [3.05, 3.63) is 42.9 Å². The predicted molar refractivity (Wildman–Crippen MR) is 42.9 cm³/mol. The van der Waals surface area contributed by atoms with Gasteiger partial charge < -0.3 is 4.98 Å². The Labute approximate surface area is 64.9 Å². The molecule has 0 aliphatic rings. The summed E-state index contributed by atoms with van der Waals surface area (Å²) in [6.07, 6.45) is 5.42. The van der Waals surface area contributed by atoms with Gasteiger partial charge in [-0.05, 0) is 12.1 Å². The van der Waals surface area contributed by atoms with Crippen LogP contribution < -0.4 is 0 Å². The number of nitrogens with zero attached hydrogens (tertiary/aromatic N) is 1. The second kappa shape index (κ2) is 2.58. The summed E-state index contributed by atoms with van der Waals surface area (Å²) in [7, 11) is 0. The normalized spacial score (nSPS) is 9.82. The third-order valence-corrected chi connectivity index (χ3v) is 1.48. The van der Waals surface area contributed by atoms with Crippen molar-refractivity contribution in [2.24, 2.45) is 0 Å². The molecule has 0 saturated carbocycles. The lowest BCUT2D eigenvalue weighted by Crippen LogP contribution is -1.77. The van der Waals surface area contributed by atoms with Gasteiger partial charge in [0.1, 0.15) is 0 Å². The third kappa shape index (κ3) is 1.15. The molecule has 0 fully saturated rings. The van der Waals surface area contributed by atoms with E-state index < -0.39 is 0 Å². The third-order valence-electron chi connectivity index (χ3n) is 1.48. The fraction of sp³-hybridized carbons (Fsp3) is 0. The number of aromatic nitrogens is 2. The van der Waals surface area contributed by atoms with E-state index in [0.29, 0.717) is 0 Å². The number of rotatable bonds is 1. The Morgan fingerprint density at radius 3 is 3.00 bits per heavy atom. The molecule has 1 N–H and O–H groups in total. The molecule has 11 heavy (non-hydrogen) atoms. The van der Waals surface area contributed by atoms with Gasteiger partial charge in [-0.15, -0.1) is 0 Å². The Kier molecular flexibility index (Phi) is 1.44. The molecule has 2 heteroatoms. The lowest BCUT2D eigenvalue weighted by molar-refractivity contribution is 1.32. The van der Waals surface area contributed by atoms with Crippen molar-refractivity contribution in [3.8, 4) is 11.3 Å². The lowest BCUT2D eigenvalue weighted by Gasteiger charge is -1.91. The lowest BCUT2D eigenvalue weighted by atomic mass is 10.2. The average molecular weight is 143 g/mol. The van der Waals surface area contributed by atoms with Crippen LogP contribution in [-0.4, -0.2) is 9.97 Å². The Morgan fingerprint density at radius 2 is 2.36 bits per heavy atom. The van der Waals surface area contributed by atoms with Crippen molar-refractivity contribution in [2.45, 2.75) is 0 Å². The molecule has 2 aromatic rings. The minimum atomic E-state index is 0.953. The van der Waals surface area contributed by atoms with E-state index in [1.165, 1.54) is 0 Å². The van der Waals surface area contributed by atoms with Gasteiger partial charge in [-0.3, -0.25) is 4.98 Å². The van der Waals surface area contributed by atoms with E-state index in [0.717, 1.165) is 11.3 Å². The molecular formula is C9H7N2. The summed E-state index contributed by atoms with van der Waals surface area (Å²) in [6.45, 7) is 0. The van der Waals surface area contributed by atoms with Gasteiger partial charge >= 0.3 is 0 Å². The Morgan fingerprint density at radius 1 is 1.36 bits per heavy atom. The van der Waals surface area contributed by atoms with E-state index in [2.05, 4.69) is 16.0 Å². The minimum Gasteiger partial charge on any atom is -0.366 e. The maximum absolute atomic E-state index is 4.17. The minimum absolute atomic E-state index is 0.953. The largest absolute Gasteiger partial charge is 0.366 e. The van der Waals surface area contributed by atoms with Gasteiger partial charge in [0.25, 0.3) is 0 Å². The van der Waals surface area contributed by atoms with E-state index >= 15 is 0 Å². The van der Waals surface area contributed by atoms with Crippen molar-refractivity contribution in [1.82, 2.24) is 9.97 Å². The molecule has 2 aromatic heterocycles. The SMILES string of the molecule is [c]1c[nH]cc1-c1ccccn1. The van der Waals surface area contributed by atoms with E-state index in [1.54, 1.807) is 12.4 Å². The highest BCUT2D eigenvalue weighted by Gasteiger charge is 1.95. The second-order valence-corrected chi connectivity index (χ2v) is 2.23. The Hall–Kier alpha value is -1.57. The average Bonchev–Trinajstić information content (AvgIpc) is 2.58. The first-order chi connectivity index (χ1) is 5.47. The first-order valence-corrected chi connectivity index (χ1v) is 3.43. The van der Waals surface area contributed by atoms with Crippen LogP contribution in [0.3, 0.4) is 0 Å². The van der Waals surface area contributed by atoms with Crippen LogP contribution >= 0.6 is 0 Å². The molecular weight excluding hydrogens is 136 g/mol. The zero-order chi connectivity index (χ0) is 7.52. The number of aromatic amines is 1. The summed E-state index contributed by atoms with van der Waals surface area (Å²) in [5, 5.41) is 0. The quantitative estimate of drug-likeness (QED) is 0.648. The van der Waals surface area contributed by atoms with Gasteiger partial charge in [0.05, 0.1) is 5.69 Å². The fourth-order valence-electron chi connectivity index (χ4n) is 0.956. The second-order valence-electron chi connectivity index (χ2n) is 2.23. The van der Waals surface area contributed by atoms with Gasteiger partial charge in [-0.2, -0.15) is 0 Å². The summed E-state index contributed by atoms with van der Waals surface area (Å²) < 4.78 is 0. The predicted octanol–water partition coefficient (Wildman–Crippen LogP) is 1.88. The maximum atomic E-state index is 4.17. The molecule has 0 aromatic carbocycles. The van der Waals surface area contributed by atoms with Crippen LogP contribution in [0.15, 0.2) is 36.8 Å². The fourth-order valence-corrected chi connectivity index (χ4v) is 0.956. The molecule has 0 aliphatic carbocycles. The molecule has 1 radical (unpaired) electrons. The molecule has 0 atom stereocenters. The molecule has 0 saturated heterocycles. The van der Waals surface area contributed by atoms with Crippen LogP contribution in [0.2, 0.25) is 0 Å². The van der Waals surface area contributed by atoms with Crippen LogP contribution in [0, 0.1) is 6.07 Å². The number of nitrogens with one attached hydrogen (secondary N) is 1. The molecule has 0 aliphatic heterocycles. The van der Waals surface area contributed by atoms with Crippen LogP contribution in [0.1, 0.15) is 0 Å². The van der Waals surface area contributed by atoms with Gasteiger partial charge in [0.2, 0.25) is 0 Å². The van der Waals surface area contributed by atoms with Crippen LogP contribution in [0.4, 0.5) is 0 Å². The highest BCUT2D eigenvalue weighted by atomic mass is 14.7. The monoisotopic (exact) mass is 143 g/mol. The zero-order valence-corrected chi connectivity index (χ0v) is 5.91. The van der Waals surface area contributed by atoms with E-state index in [-0.39, 0.29) is 0 Å². The molecule has 53 valence electrons. The van der Waals surface area contributed by atoms with E-state index in [1.807, 2.05) is 24.4 Å². The smallest absolute Gasteiger partial charge is 0.0723 e. The number of H-pyrrole nitrogens is 1. The molecule has 2 nitrogen and oxygen atoms in total. The zero-order valence-electron chi connectivity index (χ0n) is 5.91. The summed E-state index contributed by atoms with van der Waals surface area (Å²) >= 11 is 0. The summed E-state index contributed by atoms with van der Waals surface area (Å²) in [5.41, 5.74) is 1.96. The van der Waals surface area contributed by atoms with Crippen LogP contribution in [0.25, 0.3) is 11.3 Å². The van der Waals surface area contributed by atoms with Crippen molar-refractivity contribution >= 4 is 0 Å². The standard InChI is InChI=1S/C9H7N2/c1-2-5-11-9(3-1)8-4-6-10-7-8/h1-3,5-7,10H. The van der Waals surface area contributed by atoms with E-state index in [4.69, 9.17) is 0 Å². The molecule has 2 heterocycles. The number of pyridine rings is 1. The molecule has 0 spiro atoms. The van der Waals surface area contributed by atoms with Gasteiger partial charge in [-0.1, -0.05) is 6.07 Å². The van der Waals surface area contributed by atoms with Gasteiger partial charge in [-0.25, -0.2) is 0 Å². The summed E-state index contributed by atoms with van der Waals surface area (Å²) in [6, 6.07) is 8.85. The van der Waals surface area contributed by atoms with Gasteiger partial charge in [0.15, 0.2) is 0 Å². The van der Waals surface area contributed by atoms with Crippen LogP contribution in [-0.2, 0) is 0 Å². The highest BCUT2D eigenvalue weighted by Crippen LogP contribution is 2.12. The van der Waals surface area contributed by atoms with Gasteiger partial charge in [0, 0.05) is 30.2 Å². The molecule has 0 unspecified atom stereocenters. The topological polar surface area (TPSA) is 28.7 Å². The number of hydrogen-bond donors (Lipinski definition) is 1. The maximum Gasteiger partial charge on any atom is 0.0723 e. The number of hydrogen-bond acceptors (Lipinski definition) is 1. The first-order valence-electron chi connectivity index (χ1n) is 3.43. The summed E-state index contributed by atoms with van der Waals surface area (Å²) in [5.74, 6) is 0. The molecule has 0 amide bonds. The van der Waals surface area contributed by atoms with Crippen molar-refractivity contribution in [3.63, 3.8) is 0 Å². The summed E-state index contributed by atoms with van der Waals surface area (Å²) in [4.78, 5) is 7.10. The van der Waals surface area contributed by atoms with Crippen molar-refractivity contribution in [1.29, 1.82) is 0 Å². The highest BCUT2D eigenvalue weighted by molar-refractivity contribution is 5.56. The van der Waals surface area contributed by atoms with E-state index in [9.17, 15) is 0 Å². The first kappa shape index (κ1) is 6.16.